The number of rotatable bonds is 7. The molecule has 10 aromatic rings. The van der Waals surface area contributed by atoms with Gasteiger partial charge in [0.05, 0.1) is 23.0 Å². The number of hydrogen-bond donors (Lipinski definition) is 0. The van der Waals surface area contributed by atoms with Crippen molar-refractivity contribution in [2.24, 2.45) is 0 Å². The average Bonchev–Trinajstić information content (AvgIpc) is 3.31. The molecule has 0 spiro atoms. The minimum atomic E-state index is 0.615. The monoisotopic (exact) mass is 740 g/mol. The van der Waals surface area contributed by atoms with Gasteiger partial charge in [-0.05, 0) is 63.0 Å². The minimum Gasteiger partial charge on any atom is -0.228 e. The molecule has 0 radical (unpaired) electrons. The van der Waals surface area contributed by atoms with E-state index in [1.165, 1.54) is 0 Å². The van der Waals surface area contributed by atoms with Crippen LogP contribution in [0.1, 0.15) is 5.56 Å². The summed E-state index contributed by atoms with van der Waals surface area (Å²) in [6, 6.07) is 67.7. The maximum atomic E-state index is 9.36. The lowest BCUT2D eigenvalue weighted by molar-refractivity contribution is 1.07. The van der Waals surface area contributed by atoms with Crippen LogP contribution >= 0.6 is 0 Å². The molecule has 0 saturated heterocycles. The quantitative estimate of drug-likeness (QED) is 0.162. The van der Waals surface area contributed by atoms with Gasteiger partial charge in [0, 0.05) is 33.4 Å². The summed E-state index contributed by atoms with van der Waals surface area (Å²) in [5.74, 6) is 2.53. The van der Waals surface area contributed by atoms with Crippen LogP contribution in [0.15, 0.2) is 194 Å². The fourth-order valence-electron chi connectivity index (χ4n) is 7.43. The summed E-state index contributed by atoms with van der Waals surface area (Å²) in [6.45, 7) is 0. The van der Waals surface area contributed by atoms with Gasteiger partial charge in [0.2, 0.25) is 0 Å². The van der Waals surface area contributed by atoms with Gasteiger partial charge in [0.1, 0.15) is 0 Å². The first-order chi connectivity index (χ1) is 28.7. The summed E-state index contributed by atoms with van der Waals surface area (Å²) < 4.78 is 0. The maximum Gasteiger partial charge on any atom is 0.164 e. The number of benzene rings is 8. The van der Waals surface area contributed by atoms with E-state index in [0.717, 1.165) is 77.4 Å². The van der Waals surface area contributed by atoms with Gasteiger partial charge in [-0.1, -0.05) is 164 Å². The molecular weight excluding hydrogens is 709 g/mol. The fourth-order valence-corrected chi connectivity index (χ4v) is 7.43. The van der Waals surface area contributed by atoms with E-state index in [1.54, 1.807) is 0 Å². The van der Waals surface area contributed by atoms with Crippen molar-refractivity contribution in [3.8, 4) is 85.3 Å². The molecule has 58 heavy (non-hydrogen) atoms. The highest BCUT2D eigenvalue weighted by atomic mass is 15.0. The van der Waals surface area contributed by atoms with Gasteiger partial charge >= 0.3 is 0 Å². The highest BCUT2D eigenvalue weighted by molar-refractivity contribution is 6.05. The summed E-state index contributed by atoms with van der Waals surface area (Å²) in [5.41, 5.74) is 10.2. The number of aromatic nitrogens is 5. The second-order valence-electron chi connectivity index (χ2n) is 14.0. The van der Waals surface area contributed by atoms with E-state index in [1.807, 2.05) is 115 Å². The van der Waals surface area contributed by atoms with Gasteiger partial charge in [0.25, 0.3) is 0 Å². The van der Waals surface area contributed by atoms with Crippen molar-refractivity contribution >= 4 is 21.5 Å². The minimum absolute atomic E-state index is 0.615. The molecule has 270 valence electrons. The number of fused-ring (bicyclic) bond motifs is 2. The molecule has 0 unspecified atom stereocenters. The van der Waals surface area contributed by atoms with Crippen LogP contribution in [0.2, 0.25) is 0 Å². The smallest absolute Gasteiger partial charge is 0.164 e. The van der Waals surface area contributed by atoms with Crippen molar-refractivity contribution < 1.29 is 0 Å². The molecule has 2 heterocycles. The second-order valence-corrected chi connectivity index (χ2v) is 14.0. The van der Waals surface area contributed by atoms with Gasteiger partial charge in [-0.3, -0.25) is 0 Å². The van der Waals surface area contributed by atoms with E-state index in [-0.39, 0.29) is 0 Å². The van der Waals surface area contributed by atoms with Gasteiger partial charge in [-0.15, -0.1) is 0 Å². The normalized spacial score (nSPS) is 11.1. The molecule has 0 aliphatic rings. The van der Waals surface area contributed by atoms with Crippen LogP contribution in [0.5, 0.6) is 0 Å². The van der Waals surface area contributed by atoms with Crippen LogP contribution in [0.4, 0.5) is 0 Å². The predicted octanol–water partition coefficient (Wildman–Crippen LogP) is 12.5. The molecule has 6 heteroatoms. The number of hydrogen-bond acceptors (Lipinski definition) is 6. The van der Waals surface area contributed by atoms with Crippen LogP contribution in [0, 0.1) is 11.3 Å². The zero-order chi connectivity index (χ0) is 38.8. The van der Waals surface area contributed by atoms with Gasteiger partial charge < -0.3 is 0 Å². The topological polar surface area (TPSA) is 88.2 Å². The first-order valence-corrected chi connectivity index (χ1v) is 19.1. The number of nitriles is 1. The Morgan fingerprint density at radius 3 is 1.31 bits per heavy atom. The van der Waals surface area contributed by atoms with Crippen molar-refractivity contribution in [3.63, 3.8) is 0 Å². The highest BCUT2D eigenvalue weighted by Crippen LogP contribution is 2.38. The molecule has 0 fully saturated rings. The van der Waals surface area contributed by atoms with E-state index in [4.69, 9.17) is 24.9 Å². The maximum absolute atomic E-state index is 9.36. The Morgan fingerprint density at radius 1 is 0.310 bits per heavy atom. The molecule has 0 saturated carbocycles. The molecular formula is C52H32N6. The molecule has 0 N–H and O–H groups in total. The SMILES string of the molecule is N#Cc1ccc(-c2ccc(-c3cc(-c4ccc5cc(-c6nc(-c7ccccc7)nc(-c7ccccc7)n6)ccc5c4)nc(-c4ccccc4)n3)c3ccccc23)cc1. The summed E-state index contributed by atoms with van der Waals surface area (Å²) in [7, 11) is 0. The lowest BCUT2D eigenvalue weighted by Crippen LogP contribution is -2.00. The van der Waals surface area contributed by atoms with E-state index < -0.39 is 0 Å². The van der Waals surface area contributed by atoms with E-state index in [2.05, 4.69) is 84.9 Å². The molecule has 0 aliphatic heterocycles. The molecule has 0 bridgehead atoms. The standard InChI is InChI=1S/C52H32N6/c53-33-34-20-22-35(23-21-34)43-28-29-46(45-19-11-10-18-44(43)45)48-32-47(54-49(55-48)36-12-4-1-5-13-36)41-26-24-40-31-42(27-25-39(40)30-41)52-57-50(37-14-6-2-7-15-37)56-51(58-52)38-16-8-3-9-17-38/h1-32H. The van der Waals surface area contributed by atoms with E-state index in [9.17, 15) is 5.26 Å². The van der Waals surface area contributed by atoms with E-state index >= 15 is 0 Å². The largest absolute Gasteiger partial charge is 0.228 e. The summed E-state index contributed by atoms with van der Waals surface area (Å²) in [6.07, 6.45) is 0. The number of nitrogens with zero attached hydrogens (tertiary/aromatic N) is 6. The van der Waals surface area contributed by atoms with Crippen molar-refractivity contribution in [2.75, 3.05) is 0 Å². The second kappa shape index (κ2) is 14.8. The lowest BCUT2D eigenvalue weighted by Gasteiger charge is -2.14. The highest BCUT2D eigenvalue weighted by Gasteiger charge is 2.16. The molecule has 0 atom stereocenters. The molecule has 0 aliphatic carbocycles. The van der Waals surface area contributed by atoms with Crippen molar-refractivity contribution in [3.05, 3.63) is 200 Å². The zero-order valence-electron chi connectivity index (χ0n) is 31.2. The molecule has 10 rings (SSSR count). The molecule has 2 aromatic heterocycles. The van der Waals surface area contributed by atoms with Crippen molar-refractivity contribution in [2.45, 2.75) is 0 Å². The zero-order valence-corrected chi connectivity index (χ0v) is 31.2. The summed E-state index contributed by atoms with van der Waals surface area (Å²) in [5, 5.41) is 13.7. The lowest BCUT2D eigenvalue weighted by atomic mass is 9.93. The Bertz CT molecular complexity index is 3100. The van der Waals surface area contributed by atoms with Crippen LogP contribution < -0.4 is 0 Å². The molecule has 8 aromatic carbocycles. The van der Waals surface area contributed by atoms with Gasteiger partial charge in [-0.2, -0.15) is 5.26 Å². The Kier molecular flexibility index (Phi) is 8.79. The Morgan fingerprint density at radius 2 is 0.741 bits per heavy atom. The van der Waals surface area contributed by atoms with Gasteiger partial charge in [-0.25, -0.2) is 24.9 Å². The van der Waals surface area contributed by atoms with Crippen LogP contribution in [-0.2, 0) is 0 Å². The Balaban J connectivity index is 1.07. The summed E-state index contributed by atoms with van der Waals surface area (Å²) >= 11 is 0. The Hall–Kier alpha value is -8.14. The third-order valence-electron chi connectivity index (χ3n) is 10.4. The third-order valence-corrected chi connectivity index (χ3v) is 10.4. The van der Waals surface area contributed by atoms with E-state index in [0.29, 0.717) is 28.9 Å². The average molecular weight is 741 g/mol. The van der Waals surface area contributed by atoms with Crippen LogP contribution in [0.3, 0.4) is 0 Å². The van der Waals surface area contributed by atoms with Crippen molar-refractivity contribution in [1.29, 1.82) is 5.26 Å². The summed E-state index contributed by atoms with van der Waals surface area (Å²) in [4.78, 5) is 25.1. The molecule has 6 nitrogen and oxygen atoms in total. The predicted molar refractivity (Wildman–Crippen MR) is 233 cm³/mol. The Labute approximate surface area is 335 Å². The fraction of sp³-hybridized carbons (Fsp3) is 0. The third kappa shape index (κ3) is 6.63. The van der Waals surface area contributed by atoms with Crippen molar-refractivity contribution in [1.82, 2.24) is 24.9 Å². The first kappa shape index (κ1) is 34.4. The first-order valence-electron chi connectivity index (χ1n) is 19.1. The molecule has 0 amide bonds. The van der Waals surface area contributed by atoms with Crippen LogP contribution in [0.25, 0.3) is 101 Å². The van der Waals surface area contributed by atoms with Crippen LogP contribution in [-0.4, -0.2) is 24.9 Å². The van der Waals surface area contributed by atoms with Gasteiger partial charge in [0.15, 0.2) is 23.3 Å².